The normalized spacial score (nSPS) is 11.5. The maximum Gasteiger partial charge on any atom is 0.333 e. The Kier molecular flexibility index (Phi) is 3.92. The molecule has 4 heterocycles. The molecule has 0 saturated heterocycles. The molecule has 0 fully saturated rings. The molecule has 0 unspecified atom stereocenters. The van der Waals surface area contributed by atoms with E-state index in [1.54, 1.807) is 46.5 Å². The molecule has 30 heavy (non-hydrogen) atoms. The molecule has 0 aliphatic carbocycles. The quantitative estimate of drug-likeness (QED) is 0.500. The van der Waals surface area contributed by atoms with Crippen LogP contribution in [0, 0.1) is 6.92 Å². The van der Waals surface area contributed by atoms with Crippen LogP contribution in [0.3, 0.4) is 0 Å². The lowest BCUT2D eigenvalue weighted by Gasteiger charge is -2.07. The average molecular weight is 400 g/mol. The van der Waals surface area contributed by atoms with Crippen molar-refractivity contribution in [1.29, 1.82) is 0 Å². The number of benzene rings is 1. The summed E-state index contributed by atoms with van der Waals surface area (Å²) in [5, 5.41) is 8.21. The Labute approximate surface area is 171 Å². The van der Waals surface area contributed by atoms with Gasteiger partial charge >= 0.3 is 5.69 Å². The molecule has 0 saturated carbocycles. The second kappa shape index (κ2) is 6.51. The summed E-state index contributed by atoms with van der Waals surface area (Å²) < 4.78 is 5.04. The molecule has 0 radical (unpaired) electrons. The molecular formula is C21H20N8O. The lowest BCUT2D eigenvalue weighted by Crippen LogP contribution is -2.21. The predicted octanol–water partition coefficient (Wildman–Crippen LogP) is 2.42. The van der Waals surface area contributed by atoms with Gasteiger partial charge in [0.15, 0.2) is 0 Å². The first-order chi connectivity index (χ1) is 14.5. The Balaban J connectivity index is 1.84. The standard InChI is InChI=1S/C21H20N8O/c1-12-18(11-27(3)26-12)29-19-15-7-13(14-8-24-20(22-2)25-9-14)5-6-16(15)23-10-17(19)28(4)21(29)30/h5-11H,1-4H3,(H,22,24,25). The number of aromatic nitrogens is 7. The molecule has 0 aliphatic rings. The van der Waals surface area contributed by atoms with Crippen LogP contribution < -0.4 is 11.0 Å². The van der Waals surface area contributed by atoms with E-state index in [2.05, 4.69) is 25.4 Å². The van der Waals surface area contributed by atoms with Crippen molar-refractivity contribution in [3.8, 4) is 16.8 Å². The van der Waals surface area contributed by atoms with E-state index in [1.165, 1.54) is 0 Å². The van der Waals surface area contributed by atoms with Crippen molar-refractivity contribution < 1.29 is 0 Å². The van der Waals surface area contributed by atoms with Gasteiger partial charge in [0.05, 0.1) is 34.1 Å². The minimum atomic E-state index is -0.137. The number of nitrogens with one attached hydrogen (secondary N) is 1. The van der Waals surface area contributed by atoms with Crippen molar-refractivity contribution in [2.75, 3.05) is 12.4 Å². The van der Waals surface area contributed by atoms with Gasteiger partial charge in [-0.3, -0.25) is 18.8 Å². The highest BCUT2D eigenvalue weighted by molar-refractivity contribution is 6.04. The molecule has 5 rings (SSSR count). The Morgan fingerprint density at radius 1 is 1.00 bits per heavy atom. The van der Waals surface area contributed by atoms with Crippen molar-refractivity contribution >= 4 is 27.9 Å². The second-order valence-electron chi connectivity index (χ2n) is 7.22. The number of hydrogen-bond donors (Lipinski definition) is 1. The van der Waals surface area contributed by atoms with Crippen molar-refractivity contribution in [2.45, 2.75) is 6.92 Å². The van der Waals surface area contributed by atoms with Crippen LogP contribution in [0.25, 0.3) is 38.8 Å². The highest BCUT2D eigenvalue weighted by Gasteiger charge is 2.19. The highest BCUT2D eigenvalue weighted by atomic mass is 16.1. The van der Waals surface area contributed by atoms with Gasteiger partial charge in [-0.15, -0.1) is 0 Å². The lowest BCUT2D eigenvalue weighted by atomic mass is 10.1. The number of anilines is 1. The molecule has 0 atom stereocenters. The van der Waals surface area contributed by atoms with Gasteiger partial charge in [-0.05, 0) is 24.6 Å². The molecule has 0 bridgehead atoms. The van der Waals surface area contributed by atoms with Gasteiger partial charge in [-0.25, -0.2) is 14.8 Å². The molecule has 4 aromatic heterocycles. The summed E-state index contributed by atoms with van der Waals surface area (Å²) in [5.41, 5.74) is 5.60. The van der Waals surface area contributed by atoms with Crippen LogP contribution in [0.5, 0.6) is 0 Å². The predicted molar refractivity (Wildman–Crippen MR) is 116 cm³/mol. The summed E-state index contributed by atoms with van der Waals surface area (Å²) in [7, 11) is 5.39. The Morgan fingerprint density at radius 2 is 1.77 bits per heavy atom. The van der Waals surface area contributed by atoms with Crippen LogP contribution in [0.2, 0.25) is 0 Å². The summed E-state index contributed by atoms with van der Waals surface area (Å²) >= 11 is 0. The zero-order valence-electron chi connectivity index (χ0n) is 17.1. The maximum absolute atomic E-state index is 13.2. The van der Waals surface area contributed by atoms with Crippen molar-refractivity contribution in [1.82, 2.24) is 33.9 Å². The van der Waals surface area contributed by atoms with Gasteiger partial charge in [0, 0.05) is 50.7 Å². The van der Waals surface area contributed by atoms with Crippen LogP contribution in [-0.4, -0.2) is 40.9 Å². The zero-order chi connectivity index (χ0) is 21.0. The van der Waals surface area contributed by atoms with Gasteiger partial charge in [-0.1, -0.05) is 6.07 Å². The second-order valence-corrected chi connectivity index (χ2v) is 7.22. The SMILES string of the molecule is CNc1ncc(-c2ccc3ncc4c(c3c2)n(-c2cn(C)nc2C)c(=O)n4C)cn1. The fourth-order valence-electron chi connectivity index (χ4n) is 3.81. The average Bonchev–Trinajstić information content (AvgIpc) is 3.22. The van der Waals surface area contributed by atoms with Gasteiger partial charge in [0.1, 0.15) is 0 Å². The molecule has 1 aromatic carbocycles. The monoisotopic (exact) mass is 400 g/mol. The first-order valence-corrected chi connectivity index (χ1v) is 9.49. The molecule has 1 N–H and O–H groups in total. The largest absolute Gasteiger partial charge is 0.357 e. The van der Waals surface area contributed by atoms with E-state index in [-0.39, 0.29) is 5.69 Å². The molecule has 150 valence electrons. The number of rotatable bonds is 3. The van der Waals surface area contributed by atoms with Crippen LogP contribution in [0.4, 0.5) is 5.95 Å². The van der Waals surface area contributed by atoms with Gasteiger partial charge in [-0.2, -0.15) is 5.10 Å². The summed E-state index contributed by atoms with van der Waals surface area (Å²) in [4.78, 5) is 26.3. The minimum Gasteiger partial charge on any atom is -0.357 e. The third-order valence-corrected chi connectivity index (χ3v) is 5.32. The smallest absolute Gasteiger partial charge is 0.333 e. The highest BCUT2D eigenvalue weighted by Crippen LogP contribution is 2.29. The van der Waals surface area contributed by atoms with Crippen molar-refractivity contribution in [2.24, 2.45) is 14.1 Å². The number of pyridine rings is 1. The van der Waals surface area contributed by atoms with E-state index >= 15 is 0 Å². The van der Waals surface area contributed by atoms with E-state index in [4.69, 9.17) is 0 Å². The van der Waals surface area contributed by atoms with E-state index in [9.17, 15) is 4.79 Å². The van der Waals surface area contributed by atoms with Crippen molar-refractivity contribution in [3.63, 3.8) is 0 Å². The summed E-state index contributed by atoms with van der Waals surface area (Å²) in [6.07, 6.45) is 7.15. The first kappa shape index (κ1) is 18.0. The third kappa shape index (κ3) is 2.59. The Bertz CT molecular complexity index is 1470. The Hall–Kier alpha value is -4.01. The van der Waals surface area contributed by atoms with Crippen LogP contribution in [-0.2, 0) is 14.1 Å². The molecule has 0 amide bonds. The lowest BCUT2D eigenvalue weighted by molar-refractivity contribution is 0.756. The van der Waals surface area contributed by atoms with Crippen LogP contribution in [0.1, 0.15) is 5.69 Å². The van der Waals surface area contributed by atoms with Crippen LogP contribution in [0.15, 0.2) is 47.8 Å². The van der Waals surface area contributed by atoms with Crippen molar-refractivity contribution in [3.05, 3.63) is 59.2 Å². The number of hydrogen-bond acceptors (Lipinski definition) is 6. The summed E-state index contributed by atoms with van der Waals surface area (Å²) in [6.45, 7) is 1.90. The number of aryl methyl sites for hydroxylation is 3. The molecule has 5 aromatic rings. The number of nitrogens with zero attached hydrogens (tertiary/aromatic N) is 7. The summed E-state index contributed by atoms with van der Waals surface area (Å²) in [5.74, 6) is 0.563. The molecule has 9 nitrogen and oxygen atoms in total. The fraction of sp³-hybridized carbons (Fsp3) is 0.190. The first-order valence-electron chi connectivity index (χ1n) is 9.49. The molecule has 9 heteroatoms. The van der Waals surface area contributed by atoms with Gasteiger partial charge in [0.25, 0.3) is 0 Å². The van der Waals surface area contributed by atoms with Gasteiger partial charge < -0.3 is 5.32 Å². The third-order valence-electron chi connectivity index (χ3n) is 5.32. The van der Waals surface area contributed by atoms with E-state index in [0.717, 1.165) is 44.4 Å². The topological polar surface area (TPSA) is 95.5 Å². The minimum absolute atomic E-state index is 0.137. The molecule has 0 spiro atoms. The zero-order valence-corrected chi connectivity index (χ0v) is 17.1. The fourth-order valence-corrected chi connectivity index (χ4v) is 3.81. The molecule has 0 aliphatic heterocycles. The number of imidazole rings is 1. The summed E-state index contributed by atoms with van der Waals surface area (Å²) in [6, 6.07) is 5.97. The van der Waals surface area contributed by atoms with E-state index < -0.39 is 0 Å². The van der Waals surface area contributed by atoms with E-state index in [1.807, 2.05) is 38.4 Å². The maximum atomic E-state index is 13.2. The molecular weight excluding hydrogens is 380 g/mol. The Morgan fingerprint density at radius 3 is 2.43 bits per heavy atom. The van der Waals surface area contributed by atoms with Gasteiger partial charge in [0.2, 0.25) is 5.95 Å². The van der Waals surface area contributed by atoms with E-state index in [0.29, 0.717) is 5.95 Å². The number of fused-ring (bicyclic) bond motifs is 3. The van der Waals surface area contributed by atoms with Crippen LogP contribution >= 0.6 is 0 Å².